The van der Waals surface area contributed by atoms with Gasteiger partial charge in [0.15, 0.2) is 6.04 Å². The zero-order valence-electron chi connectivity index (χ0n) is 12.0. The highest BCUT2D eigenvalue weighted by molar-refractivity contribution is 5.96. The number of ether oxygens (including phenoxy) is 1. The highest BCUT2D eigenvalue weighted by Crippen LogP contribution is 2.05. The smallest absolute Gasteiger partial charge is 0.331 e. The molecule has 1 amide bonds. The molecule has 1 aromatic carbocycles. The van der Waals surface area contributed by atoms with E-state index in [1.165, 1.54) is 6.92 Å². The van der Waals surface area contributed by atoms with Crippen LogP contribution in [0.5, 0.6) is 0 Å². The zero-order valence-corrected chi connectivity index (χ0v) is 12.0. The van der Waals surface area contributed by atoms with E-state index in [0.29, 0.717) is 12.0 Å². The maximum atomic E-state index is 12.0. The van der Waals surface area contributed by atoms with Crippen LogP contribution in [-0.2, 0) is 9.53 Å². The molecule has 110 valence electrons. The Balaban J connectivity index is 2.73. The molecule has 1 aromatic rings. The Morgan fingerprint density at radius 3 is 2.35 bits per heavy atom. The first-order valence-electron chi connectivity index (χ1n) is 6.70. The molecule has 0 heterocycles. The van der Waals surface area contributed by atoms with Crippen molar-refractivity contribution in [2.24, 2.45) is 0 Å². The predicted molar refractivity (Wildman–Crippen MR) is 75.2 cm³/mol. The number of hydrogen-bond acceptors (Lipinski definition) is 4. The van der Waals surface area contributed by atoms with Gasteiger partial charge in [-0.2, -0.15) is 0 Å². The van der Waals surface area contributed by atoms with Gasteiger partial charge in [-0.05, 0) is 32.4 Å². The quantitative estimate of drug-likeness (QED) is 0.774. The minimum atomic E-state index is -1.07. The van der Waals surface area contributed by atoms with Crippen LogP contribution in [0.2, 0.25) is 0 Å². The van der Waals surface area contributed by atoms with Crippen LogP contribution in [0.1, 0.15) is 37.6 Å². The van der Waals surface area contributed by atoms with Crippen molar-refractivity contribution in [3.8, 4) is 0 Å². The van der Waals surface area contributed by atoms with Crippen LogP contribution < -0.4 is 5.32 Å². The Morgan fingerprint density at radius 2 is 1.85 bits per heavy atom. The van der Waals surface area contributed by atoms with Gasteiger partial charge in [-0.15, -0.1) is 0 Å². The number of esters is 1. The topological polar surface area (TPSA) is 75.6 Å². The van der Waals surface area contributed by atoms with E-state index >= 15 is 0 Å². The van der Waals surface area contributed by atoms with Crippen molar-refractivity contribution in [3.05, 3.63) is 35.9 Å². The van der Waals surface area contributed by atoms with E-state index in [9.17, 15) is 14.7 Å². The molecule has 5 heteroatoms. The number of amides is 1. The molecule has 1 unspecified atom stereocenters. The molecule has 0 fully saturated rings. The minimum Gasteiger partial charge on any atom is -0.461 e. The van der Waals surface area contributed by atoms with Crippen LogP contribution >= 0.6 is 0 Å². The average molecular weight is 279 g/mol. The van der Waals surface area contributed by atoms with Gasteiger partial charge in [-0.1, -0.05) is 25.1 Å². The lowest BCUT2D eigenvalue weighted by molar-refractivity contribution is -0.153. The van der Waals surface area contributed by atoms with Gasteiger partial charge in [0.2, 0.25) is 0 Å². The van der Waals surface area contributed by atoms with Gasteiger partial charge in [-0.25, -0.2) is 4.79 Å². The molecular formula is C15H21NO4. The Labute approximate surface area is 118 Å². The normalized spacial score (nSPS) is 15.0. The summed E-state index contributed by atoms with van der Waals surface area (Å²) in [5.74, 6) is -1.05. The molecule has 0 aliphatic heterocycles. The molecule has 1 rings (SSSR count). The van der Waals surface area contributed by atoms with E-state index in [2.05, 4.69) is 5.32 Å². The first-order valence-corrected chi connectivity index (χ1v) is 6.70. The minimum absolute atomic E-state index is 0.252. The summed E-state index contributed by atoms with van der Waals surface area (Å²) >= 11 is 0. The molecule has 5 nitrogen and oxygen atoms in total. The second kappa shape index (κ2) is 7.65. The summed E-state index contributed by atoms with van der Waals surface area (Å²) in [7, 11) is 0. The number of hydrogen-bond donors (Lipinski definition) is 2. The van der Waals surface area contributed by atoms with Crippen LogP contribution in [-0.4, -0.2) is 35.2 Å². The van der Waals surface area contributed by atoms with E-state index in [1.807, 2.05) is 6.92 Å². The summed E-state index contributed by atoms with van der Waals surface area (Å²) in [6, 6.07) is 7.44. The highest BCUT2D eigenvalue weighted by atomic mass is 16.5. The van der Waals surface area contributed by atoms with Gasteiger partial charge in [-0.3, -0.25) is 4.79 Å². The summed E-state index contributed by atoms with van der Waals surface area (Å²) in [6.45, 7) is 5.09. The number of aliphatic hydroxyl groups is 1. The lowest BCUT2D eigenvalue weighted by Gasteiger charge is -2.22. The van der Waals surface area contributed by atoms with E-state index < -0.39 is 24.0 Å². The van der Waals surface area contributed by atoms with Crippen LogP contribution in [0.25, 0.3) is 0 Å². The van der Waals surface area contributed by atoms with Crippen molar-refractivity contribution in [3.63, 3.8) is 0 Å². The molecule has 0 aliphatic carbocycles. The fourth-order valence-electron chi connectivity index (χ4n) is 1.55. The molecule has 0 spiro atoms. The Hall–Kier alpha value is -1.88. The van der Waals surface area contributed by atoms with Crippen LogP contribution in [0.4, 0.5) is 0 Å². The zero-order chi connectivity index (χ0) is 15.1. The molecule has 0 saturated heterocycles. The third-order valence-electron chi connectivity index (χ3n) is 2.95. The number of nitrogens with one attached hydrogen (secondary N) is 1. The molecule has 3 atom stereocenters. The maximum Gasteiger partial charge on any atom is 0.331 e. The van der Waals surface area contributed by atoms with Gasteiger partial charge in [0.25, 0.3) is 5.91 Å². The van der Waals surface area contributed by atoms with Crippen molar-refractivity contribution in [2.45, 2.75) is 45.4 Å². The third kappa shape index (κ3) is 4.66. The lowest BCUT2D eigenvalue weighted by Crippen LogP contribution is -2.49. The largest absolute Gasteiger partial charge is 0.461 e. The molecule has 0 aromatic heterocycles. The third-order valence-corrected chi connectivity index (χ3v) is 2.95. The van der Waals surface area contributed by atoms with E-state index in [1.54, 1.807) is 37.3 Å². The summed E-state index contributed by atoms with van der Waals surface area (Å²) in [6.07, 6.45) is -0.609. The van der Waals surface area contributed by atoms with Gasteiger partial charge in [0, 0.05) is 5.56 Å². The second-order valence-corrected chi connectivity index (χ2v) is 4.71. The molecule has 0 saturated carbocycles. The lowest BCUT2D eigenvalue weighted by atomic mass is 10.1. The number of carbonyl (C=O) groups excluding carboxylic acids is 2. The predicted octanol–water partition coefficient (Wildman–Crippen LogP) is 1.51. The molecule has 2 N–H and O–H groups in total. The molecular weight excluding hydrogens is 258 g/mol. The summed E-state index contributed by atoms with van der Waals surface area (Å²) in [5.41, 5.74) is 0.425. The maximum absolute atomic E-state index is 12.0. The van der Waals surface area contributed by atoms with Gasteiger partial charge < -0.3 is 15.2 Å². The summed E-state index contributed by atoms with van der Waals surface area (Å²) in [4.78, 5) is 23.9. The van der Waals surface area contributed by atoms with Crippen molar-refractivity contribution >= 4 is 11.9 Å². The summed E-state index contributed by atoms with van der Waals surface area (Å²) < 4.78 is 5.15. The second-order valence-electron chi connectivity index (χ2n) is 4.71. The SMILES string of the molecule is CCC(C)OC(=O)[C@H](NC(=O)c1ccccc1)[C@H](C)O. The molecule has 0 bridgehead atoms. The number of rotatable bonds is 6. The Morgan fingerprint density at radius 1 is 1.25 bits per heavy atom. The van der Waals surface area contributed by atoms with Crippen LogP contribution in [0.3, 0.4) is 0 Å². The first-order chi connectivity index (χ1) is 9.45. The molecule has 0 radical (unpaired) electrons. The standard InChI is InChI=1S/C15H21NO4/c1-4-10(2)20-15(19)13(11(3)17)16-14(18)12-8-6-5-7-9-12/h5-11,13,17H,4H2,1-3H3,(H,16,18)/t10?,11-,13+/m0/s1. The van der Waals surface area contributed by atoms with Gasteiger partial charge in [0.05, 0.1) is 12.2 Å². The van der Waals surface area contributed by atoms with Crippen molar-refractivity contribution < 1.29 is 19.4 Å². The van der Waals surface area contributed by atoms with Gasteiger partial charge >= 0.3 is 5.97 Å². The molecule has 20 heavy (non-hydrogen) atoms. The Bertz CT molecular complexity index is 444. The monoisotopic (exact) mass is 279 g/mol. The number of aliphatic hydroxyl groups excluding tert-OH is 1. The number of carbonyl (C=O) groups is 2. The van der Waals surface area contributed by atoms with Crippen molar-refractivity contribution in [2.75, 3.05) is 0 Å². The van der Waals surface area contributed by atoms with E-state index in [4.69, 9.17) is 4.74 Å². The van der Waals surface area contributed by atoms with E-state index in [-0.39, 0.29) is 6.10 Å². The first kappa shape index (κ1) is 16.2. The fourth-order valence-corrected chi connectivity index (χ4v) is 1.55. The fraction of sp³-hybridized carbons (Fsp3) is 0.467. The Kier molecular flexibility index (Phi) is 6.18. The summed E-state index contributed by atoms with van der Waals surface area (Å²) in [5, 5.41) is 12.1. The number of benzene rings is 1. The van der Waals surface area contributed by atoms with Crippen molar-refractivity contribution in [1.82, 2.24) is 5.32 Å². The highest BCUT2D eigenvalue weighted by Gasteiger charge is 2.28. The van der Waals surface area contributed by atoms with Crippen LogP contribution in [0.15, 0.2) is 30.3 Å². The van der Waals surface area contributed by atoms with Crippen molar-refractivity contribution in [1.29, 1.82) is 0 Å². The molecule has 0 aliphatic rings. The average Bonchev–Trinajstić information content (AvgIpc) is 2.44. The van der Waals surface area contributed by atoms with E-state index in [0.717, 1.165) is 0 Å². The van der Waals surface area contributed by atoms with Crippen LogP contribution in [0, 0.1) is 0 Å². The van der Waals surface area contributed by atoms with Gasteiger partial charge in [0.1, 0.15) is 0 Å².